The van der Waals surface area contributed by atoms with E-state index in [1.807, 2.05) is 0 Å². The van der Waals surface area contributed by atoms with E-state index in [9.17, 15) is 35.5 Å². The topological polar surface area (TPSA) is 68.2 Å². The number of amides is 1. The fourth-order valence-corrected chi connectivity index (χ4v) is 3.51. The minimum absolute atomic E-state index is 0.00558. The molecular formula is C26H17F7N4O2. The second-order valence-electron chi connectivity index (χ2n) is 8.28. The van der Waals surface area contributed by atoms with E-state index in [1.54, 1.807) is 12.1 Å². The van der Waals surface area contributed by atoms with Gasteiger partial charge < -0.3 is 9.64 Å². The standard InChI is InChI=1S/C26H17F7N4O2/c1-37(14-15-10-17(25(28,29)30)12-18(11-15)26(31,32)33)24(38)21-13-35-22(16-6-8-34-9-7-16)36-23(21)39-20-4-2-19(27)3-5-20/h2-13H,14H2,1H3. The van der Waals surface area contributed by atoms with Gasteiger partial charge in [0, 0.05) is 37.7 Å². The van der Waals surface area contributed by atoms with Gasteiger partial charge in [0.2, 0.25) is 5.88 Å². The van der Waals surface area contributed by atoms with E-state index in [0.717, 1.165) is 23.2 Å². The first-order valence-electron chi connectivity index (χ1n) is 11.1. The molecule has 2 aromatic heterocycles. The van der Waals surface area contributed by atoms with Crippen molar-refractivity contribution >= 4 is 5.91 Å². The van der Waals surface area contributed by atoms with E-state index in [-0.39, 0.29) is 29.1 Å². The summed E-state index contributed by atoms with van der Waals surface area (Å²) in [5.74, 6) is -1.40. The van der Waals surface area contributed by atoms with Gasteiger partial charge in [-0.3, -0.25) is 9.78 Å². The van der Waals surface area contributed by atoms with Gasteiger partial charge in [0.15, 0.2) is 5.82 Å². The Morgan fingerprint density at radius 2 is 1.49 bits per heavy atom. The first-order valence-corrected chi connectivity index (χ1v) is 11.1. The van der Waals surface area contributed by atoms with E-state index in [4.69, 9.17) is 4.74 Å². The maximum atomic E-state index is 13.3. The SMILES string of the molecule is CN(Cc1cc(C(F)(F)F)cc(C(F)(F)F)c1)C(=O)c1cnc(-c2ccncc2)nc1Oc1ccc(F)cc1. The molecule has 0 saturated heterocycles. The van der Waals surface area contributed by atoms with E-state index in [0.29, 0.717) is 17.7 Å². The Balaban J connectivity index is 1.69. The predicted octanol–water partition coefficient (Wildman–Crippen LogP) is 6.78. The number of hydrogen-bond donors (Lipinski definition) is 0. The predicted molar refractivity (Wildman–Crippen MR) is 124 cm³/mol. The highest BCUT2D eigenvalue weighted by Crippen LogP contribution is 2.37. The minimum atomic E-state index is -5.04. The summed E-state index contributed by atoms with van der Waals surface area (Å²) in [6, 6.07) is 9.06. The van der Waals surface area contributed by atoms with Gasteiger partial charge in [0.05, 0.1) is 11.1 Å². The first kappa shape index (κ1) is 27.5. The van der Waals surface area contributed by atoms with E-state index >= 15 is 0 Å². The molecule has 0 aliphatic carbocycles. The van der Waals surface area contributed by atoms with E-state index in [2.05, 4.69) is 15.0 Å². The molecule has 0 unspecified atom stereocenters. The van der Waals surface area contributed by atoms with Gasteiger partial charge >= 0.3 is 12.4 Å². The third-order valence-corrected chi connectivity index (χ3v) is 5.36. The molecule has 0 saturated carbocycles. The Labute approximate surface area is 216 Å². The summed E-state index contributed by atoms with van der Waals surface area (Å²) in [6.45, 7) is -0.603. The lowest BCUT2D eigenvalue weighted by Crippen LogP contribution is -2.27. The molecule has 4 rings (SSSR count). The number of ether oxygens (including phenoxy) is 1. The average molecular weight is 550 g/mol. The summed E-state index contributed by atoms with van der Waals surface area (Å²) >= 11 is 0. The summed E-state index contributed by atoms with van der Waals surface area (Å²) in [5, 5.41) is 0. The Bertz CT molecular complexity index is 1440. The van der Waals surface area contributed by atoms with Crippen molar-refractivity contribution in [3.63, 3.8) is 0 Å². The van der Waals surface area contributed by atoms with Crippen molar-refractivity contribution in [2.24, 2.45) is 0 Å². The zero-order valence-electron chi connectivity index (χ0n) is 19.9. The molecule has 0 aliphatic rings. The number of pyridine rings is 1. The second-order valence-corrected chi connectivity index (χ2v) is 8.28. The lowest BCUT2D eigenvalue weighted by atomic mass is 10.0. The first-order chi connectivity index (χ1) is 18.3. The van der Waals surface area contributed by atoms with E-state index in [1.165, 1.54) is 31.6 Å². The second kappa shape index (κ2) is 10.7. The molecule has 6 nitrogen and oxygen atoms in total. The lowest BCUT2D eigenvalue weighted by molar-refractivity contribution is -0.143. The van der Waals surface area contributed by atoms with Crippen LogP contribution in [-0.4, -0.2) is 32.8 Å². The molecule has 0 bridgehead atoms. The molecule has 2 heterocycles. The molecule has 39 heavy (non-hydrogen) atoms. The fraction of sp³-hybridized carbons (Fsp3) is 0.154. The van der Waals surface area contributed by atoms with Crippen LogP contribution in [0, 0.1) is 5.82 Å². The van der Waals surface area contributed by atoms with Crippen LogP contribution in [0.3, 0.4) is 0 Å². The Morgan fingerprint density at radius 3 is 2.05 bits per heavy atom. The van der Waals surface area contributed by atoms with Crippen molar-refractivity contribution in [3.05, 3.63) is 101 Å². The van der Waals surface area contributed by atoms with Crippen LogP contribution in [0.4, 0.5) is 30.7 Å². The molecular weight excluding hydrogens is 533 g/mol. The molecule has 202 valence electrons. The van der Waals surface area contributed by atoms with Crippen LogP contribution in [0.25, 0.3) is 11.4 Å². The van der Waals surface area contributed by atoms with Crippen molar-refractivity contribution in [2.75, 3.05) is 7.05 Å². The van der Waals surface area contributed by atoms with Crippen LogP contribution >= 0.6 is 0 Å². The summed E-state index contributed by atoms with van der Waals surface area (Å²) in [7, 11) is 1.19. The number of aromatic nitrogens is 3. The van der Waals surface area contributed by atoms with Gasteiger partial charge in [-0.2, -0.15) is 31.3 Å². The molecule has 0 spiro atoms. The number of carbonyl (C=O) groups is 1. The van der Waals surface area contributed by atoms with Gasteiger partial charge in [0.25, 0.3) is 5.91 Å². The summed E-state index contributed by atoms with van der Waals surface area (Å²) < 4.78 is 98.6. The van der Waals surface area contributed by atoms with Gasteiger partial charge in [-0.15, -0.1) is 0 Å². The Morgan fingerprint density at radius 1 is 0.897 bits per heavy atom. The van der Waals surface area contributed by atoms with Gasteiger partial charge in [-0.05, 0) is 60.2 Å². The summed E-state index contributed by atoms with van der Waals surface area (Å²) in [4.78, 5) is 26.5. The van der Waals surface area contributed by atoms with Crippen LogP contribution in [0.5, 0.6) is 11.6 Å². The maximum absolute atomic E-state index is 13.3. The highest BCUT2D eigenvalue weighted by molar-refractivity contribution is 5.96. The molecule has 0 N–H and O–H groups in total. The van der Waals surface area contributed by atoms with Crippen LogP contribution in [0.1, 0.15) is 27.0 Å². The normalized spacial score (nSPS) is 11.8. The van der Waals surface area contributed by atoms with Crippen molar-refractivity contribution in [1.29, 1.82) is 0 Å². The monoisotopic (exact) mass is 550 g/mol. The quantitative estimate of drug-likeness (QED) is 0.248. The van der Waals surface area contributed by atoms with Crippen molar-refractivity contribution < 1.29 is 40.3 Å². The van der Waals surface area contributed by atoms with Crippen LogP contribution in [0.2, 0.25) is 0 Å². The molecule has 13 heteroatoms. The Kier molecular flexibility index (Phi) is 7.52. The summed E-state index contributed by atoms with van der Waals surface area (Å²) in [5.41, 5.74) is -3.12. The number of benzene rings is 2. The van der Waals surface area contributed by atoms with Crippen LogP contribution in [0.15, 0.2) is 73.2 Å². The van der Waals surface area contributed by atoms with Crippen LogP contribution in [-0.2, 0) is 18.9 Å². The third kappa shape index (κ3) is 6.67. The van der Waals surface area contributed by atoms with Crippen molar-refractivity contribution in [1.82, 2.24) is 19.9 Å². The third-order valence-electron chi connectivity index (χ3n) is 5.36. The Hall–Kier alpha value is -4.55. The minimum Gasteiger partial charge on any atom is -0.438 e. The maximum Gasteiger partial charge on any atom is 0.416 e. The fourth-order valence-electron chi connectivity index (χ4n) is 3.51. The molecule has 0 aliphatic heterocycles. The van der Waals surface area contributed by atoms with E-state index < -0.39 is 47.3 Å². The molecule has 4 aromatic rings. The highest BCUT2D eigenvalue weighted by Gasteiger charge is 2.37. The number of hydrogen-bond acceptors (Lipinski definition) is 5. The zero-order chi connectivity index (χ0) is 28.4. The molecule has 0 fully saturated rings. The molecule has 0 atom stereocenters. The number of alkyl halides is 6. The molecule has 2 aromatic carbocycles. The van der Waals surface area contributed by atoms with Gasteiger partial charge in [-0.25, -0.2) is 9.37 Å². The van der Waals surface area contributed by atoms with Crippen molar-refractivity contribution in [3.8, 4) is 23.0 Å². The number of halogens is 7. The number of nitrogens with zero attached hydrogens (tertiary/aromatic N) is 4. The van der Waals surface area contributed by atoms with Gasteiger partial charge in [0.1, 0.15) is 17.1 Å². The van der Waals surface area contributed by atoms with Crippen LogP contribution < -0.4 is 4.74 Å². The highest BCUT2D eigenvalue weighted by atomic mass is 19.4. The van der Waals surface area contributed by atoms with Crippen molar-refractivity contribution in [2.45, 2.75) is 18.9 Å². The zero-order valence-corrected chi connectivity index (χ0v) is 19.9. The average Bonchev–Trinajstić information content (AvgIpc) is 2.89. The summed E-state index contributed by atoms with van der Waals surface area (Å²) in [6.07, 6.45) is -5.99. The largest absolute Gasteiger partial charge is 0.438 e. The number of rotatable bonds is 6. The molecule has 1 amide bonds. The number of carbonyl (C=O) groups excluding carboxylic acids is 1. The van der Waals surface area contributed by atoms with Gasteiger partial charge in [-0.1, -0.05) is 0 Å². The smallest absolute Gasteiger partial charge is 0.416 e. The lowest BCUT2D eigenvalue weighted by Gasteiger charge is -2.21. The molecule has 0 radical (unpaired) electrons.